The van der Waals surface area contributed by atoms with Crippen molar-refractivity contribution in [3.8, 4) is 11.4 Å². The summed E-state index contributed by atoms with van der Waals surface area (Å²) in [6.07, 6.45) is 2.39. The first kappa shape index (κ1) is 23.4. The van der Waals surface area contributed by atoms with Crippen LogP contribution in [0.3, 0.4) is 0 Å². The van der Waals surface area contributed by atoms with Gasteiger partial charge >= 0.3 is 0 Å². The van der Waals surface area contributed by atoms with Crippen LogP contribution in [0.25, 0.3) is 32.5 Å². The first-order chi connectivity index (χ1) is 17.6. The third kappa shape index (κ3) is 4.81. The van der Waals surface area contributed by atoms with Gasteiger partial charge in [0.15, 0.2) is 11.6 Å². The van der Waals surface area contributed by atoms with E-state index in [0.29, 0.717) is 19.6 Å². The first-order valence-electron chi connectivity index (χ1n) is 12.6. The smallest absolute Gasteiger partial charge is 0.218 e. The molecule has 4 aromatic rings. The van der Waals surface area contributed by atoms with Crippen molar-refractivity contribution in [2.45, 2.75) is 13.0 Å². The molecule has 2 fully saturated rings. The fourth-order valence-corrected chi connectivity index (χ4v) is 6.25. The number of nitrogens with one attached hydrogen (secondary N) is 1. The number of nitrogens with two attached hydrogens (primary N) is 1. The molecule has 5 heterocycles. The van der Waals surface area contributed by atoms with Gasteiger partial charge in [0.05, 0.1) is 23.4 Å². The van der Waals surface area contributed by atoms with Crippen LogP contribution in [-0.4, -0.2) is 89.7 Å². The number of aromatic amines is 1. The molecule has 2 aliphatic rings. The van der Waals surface area contributed by atoms with Gasteiger partial charge in [-0.05, 0) is 18.2 Å². The topological polar surface area (TPSA) is 104 Å². The van der Waals surface area contributed by atoms with Crippen molar-refractivity contribution < 1.29 is 9.53 Å². The zero-order valence-electron chi connectivity index (χ0n) is 20.3. The van der Waals surface area contributed by atoms with E-state index < -0.39 is 0 Å². The van der Waals surface area contributed by atoms with E-state index in [1.807, 2.05) is 6.20 Å². The fourth-order valence-electron chi connectivity index (χ4n) is 5.09. The van der Waals surface area contributed by atoms with Crippen LogP contribution < -0.4 is 10.6 Å². The van der Waals surface area contributed by atoms with Gasteiger partial charge in [0.1, 0.15) is 0 Å². The number of thiophene rings is 1. The minimum atomic E-state index is -0.230. The molecule has 0 radical (unpaired) electrons. The van der Waals surface area contributed by atoms with Crippen LogP contribution in [0.5, 0.6) is 0 Å². The number of aromatic nitrogens is 3. The number of carbonyl (C=O) groups excluding carboxylic acids is 1. The number of hydrogen-bond donors (Lipinski definition) is 2. The summed E-state index contributed by atoms with van der Waals surface area (Å²) in [5.74, 6) is 1.55. The summed E-state index contributed by atoms with van der Waals surface area (Å²) in [7, 11) is 0. The molecule has 9 nitrogen and oxygen atoms in total. The maximum Gasteiger partial charge on any atom is 0.218 e. The summed E-state index contributed by atoms with van der Waals surface area (Å²) < 4.78 is 6.77. The largest absolute Gasteiger partial charge is 0.378 e. The molecule has 0 unspecified atom stereocenters. The minimum absolute atomic E-state index is 0.230. The van der Waals surface area contributed by atoms with Crippen molar-refractivity contribution in [2.24, 2.45) is 5.73 Å². The molecule has 3 N–H and O–H groups in total. The average Bonchev–Trinajstić information content (AvgIpc) is 3.54. The van der Waals surface area contributed by atoms with Crippen molar-refractivity contribution in [3.63, 3.8) is 0 Å². The number of ether oxygens (including phenoxy) is 1. The number of benzene rings is 1. The third-order valence-corrected chi connectivity index (χ3v) is 8.17. The zero-order valence-corrected chi connectivity index (χ0v) is 21.1. The number of nitrogens with zero attached hydrogens (tertiary/aromatic N) is 5. The van der Waals surface area contributed by atoms with Gasteiger partial charge < -0.3 is 25.3 Å². The number of hydrogen-bond acceptors (Lipinski definition) is 8. The molecule has 2 aliphatic heterocycles. The molecule has 1 aromatic carbocycles. The van der Waals surface area contributed by atoms with Crippen LogP contribution in [0.4, 0.5) is 5.82 Å². The van der Waals surface area contributed by atoms with E-state index in [9.17, 15) is 4.79 Å². The SMILES string of the molecule is NC(=O)CCN1CCN(Cc2cc3nc(-c4cccc5[nH]ccc45)nc(N4CCOCC4)c3s2)CC1. The number of amides is 1. The second-order valence-corrected chi connectivity index (χ2v) is 10.6. The Bertz CT molecular complexity index is 1370. The second-order valence-electron chi connectivity index (χ2n) is 9.48. The van der Waals surface area contributed by atoms with Gasteiger partial charge in [-0.1, -0.05) is 12.1 Å². The first-order valence-corrected chi connectivity index (χ1v) is 13.4. The number of piperazine rings is 1. The van der Waals surface area contributed by atoms with E-state index in [1.165, 1.54) is 4.88 Å². The number of carbonyl (C=O) groups is 1. The molecular formula is C26H31N7O2S. The molecule has 10 heteroatoms. The molecule has 188 valence electrons. The quantitative estimate of drug-likeness (QED) is 0.398. The maximum atomic E-state index is 11.1. The van der Waals surface area contributed by atoms with Crippen molar-refractivity contribution in [2.75, 3.05) is 63.9 Å². The zero-order chi connectivity index (χ0) is 24.5. The lowest BCUT2D eigenvalue weighted by Crippen LogP contribution is -2.46. The highest BCUT2D eigenvalue weighted by Gasteiger charge is 2.23. The van der Waals surface area contributed by atoms with Crippen LogP contribution in [0.1, 0.15) is 11.3 Å². The van der Waals surface area contributed by atoms with Gasteiger partial charge in [0.2, 0.25) is 5.91 Å². The van der Waals surface area contributed by atoms with Crippen LogP contribution in [0.2, 0.25) is 0 Å². The summed E-state index contributed by atoms with van der Waals surface area (Å²) in [6.45, 7) is 8.63. The number of fused-ring (bicyclic) bond motifs is 2. The molecule has 1 amide bonds. The molecule has 0 saturated carbocycles. The van der Waals surface area contributed by atoms with Gasteiger partial charge in [0, 0.05) is 86.3 Å². The van der Waals surface area contributed by atoms with Crippen LogP contribution in [0, 0.1) is 0 Å². The van der Waals surface area contributed by atoms with Crippen LogP contribution in [0.15, 0.2) is 36.5 Å². The molecule has 3 aromatic heterocycles. The average molecular weight is 506 g/mol. The Morgan fingerprint density at radius 2 is 1.86 bits per heavy atom. The van der Waals surface area contributed by atoms with Gasteiger partial charge in [-0.25, -0.2) is 9.97 Å². The van der Waals surface area contributed by atoms with Crippen molar-refractivity contribution >= 4 is 44.2 Å². The van der Waals surface area contributed by atoms with E-state index in [4.69, 9.17) is 20.4 Å². The lowest BCUT2D eigenvalue weighted by molar-refractivity contribution is -0.118. The van der Waals surface area contributed by atoms with Gasteiger partial charge in [-0.3, -0.25) is 9.69 Å². The lowest BCUT2D eigenvalue weighted by atomic mass is 10.1. The van der Waals surface area contributed by atoms with E-state index in [1.54, 1.807) is 11.3 Å². The van der Waals surface area contributed by atoms with Crippen molar-refractivity contribution in [1.29, 1.82) is 0 Å². The molecule has 0 atom stereocenters. The molecule has 0 spiro atoms. The van der Waals surface area contributed by atoms with Gasteiger partial charge in [-0.2, -0.15) is 0 Å². The van der Waals surface area contributed by atoms with Gasteiger partial charge in [-0.15, -0.1) is 11.3 Å². The van der Waals surface area contributed by atoms with E-state index in [-0.39, 0.29) is 5.91 Å². The normalized spacial score (nSPS) is 17.8. The highest BCUT2D eigenvalue weighted by atomic mass is 32.1. The predicted octanol–water partition coefficient (Wildman–Crippen LogP) is 2.67. The summed E-state index contributed by atoms with van der Waals surface area (Å²) in [5.41, 5.74) is 8.46. The molecule has 0 aliphatic carbocycles. The van der Waals surface area contributed by atoms with E-state index >= 15 is 0 Å². The Kier molecular flexibility index (Phi) is 6.58. The van der Waals surface area contributed by atoms with Crippen molar-refractivity contribution in [3.05, 3.63) is 41.4 Å². The second kappa shape index (κ2) is 10.1. The van der Waals surface area contributed by atoms with Crippen LogP contribution in [-0.2, 0) is 16.1 Å². The van der Waals surface area contributed by atoms with Crippen molar-refractivity contribution in [1.82, 2.24) is 24.8 Å². The molecule has 0 bridgehead atoms. The molecule has 36 heavy (non-hydrogen) atoms. The van der Waals surface area contributed by atoms with Crippen LogP contribution >= 0.6 is 11.3 Å². The number of primary amides is 1. The Balaban J connectivity index is 1.29. The predicted molar refractivity (Wildman–Crippen MR) is 143 cm³/mol. The highest BCUT2D eigenvalue weighted by Crippen LogP contribution is 2.36. The summed E-state index contributed by atoms with van der Waals surface area (Å²) >= 11 is 1.81. The third-order valence-electron chi connectivity index (χ3n) is 7.07. The molecule has 6 rings (SSSR count). The number of morpholine rings is 1. The number of rotatable bonds is 7. The summed E-state index contributed by atoms with van der Waals surface area (Å²) in [6, 6.07) is 10.6. The number of H-pyrrole nitrogens is 1. The molecular weight excluding hydrogens is 474 g/mol. The summed E-state index contributed by atoms with van der Waals surface area (Å²) in [5, 5.41) is 1.13. The lowest BCUT2D eigenvalue weighted by Gasteiger charge is -2.34. The maximum absolute atomic E-state index is 11.1. The highest BCUT2D eigenvalue weighted by molar-refractivity contribution is 7.19. The van der Waals surface area contributed by atoms with E-state index in [2.05, 4.69) is 50.0 Å². The number of anilines is 1. The standard InChI is InChI=1S/C26H31N7O2S/c27-23(34)5-7-31-8-10-32(11-9-31)17-18-16-22-24(36-18)26(33-12-14-35-15-13-33)30-25(29-22)20-2-1-3-21-19(20)4-6-28-21/h1-4,6,16,28H,5,7-15,17H2,(H2,27,34). The summed E-state index contributed by atoms with van der Waals surface area (Å²) in [4.78, 5) is 33.0. The fraction of sp³-hybridized carbons (Fsp3) is 0.423. The van der Waals surface area contributed by atoms with E-state index in [0.717, 1.165) is 90.7 Å². The minimum Gasteiger partial charge on any atom is -0.378 e. The Labute approximate surface area is 213 Å². The Morgan fingerprint density at radius 1 is 1.06 bits per heavy atom. The van der Waals surface area contributed by atoms with Gasteiger partial charge in [0.25, 0.3) is 0 Å². The Morgan fingerprint density at radius 3 is 2.67 bits per heavy atom. The monoisotopic (exact) mass is 505 g/mol. The molecule has 2 saturated heterocycles. The Hall–Kier alpha value is -3.05.